The third kappa shape index (κ3) is 3.50. The van der Waals surface area contributed by atoms with Crippen LogP contribution in [0.1, 0.15) is 13.3 Å². The predicted octanol–water partition coefficient (Wildman–Crippen LogP) is 1.39. The fraction of sp³-hybridized carbons (Fsp3) is 0.143. The number of halogens is 1. The largest absolute Gasteiger partial charge is 1.00 e. The molecule has 0 nitrogen and oxygen atoms in total. The molecule has 0 radical (unpaired) electrons. The van der Waals surface area contributed by atoms with Crippen molar-refractivity contribution in [3.8, 4) is 0 Å². The highest BCUT2D eigenvalue weighted by Gasteiger charge is 2.43. The van der Waals surface area contributed by atoms with Gasteiger partial charge in [-0.3, -0.25) is 0 Å². The summed E-state index contributed by atoms with van der Waals surface area (Å²) in [5.74, 6) is 0. The van der Waals surface area contributed by atoms with Gasteiger partial charge in [-0.05, 0) is 42.8 Å². The van der Waals surface area contributed by atoms with Gasteiger partial charge in [0.25, 0.3) is 0 Å². The summed E-state index contributed by atoms with van der Waals surface area (Å²) < 4.78 is 0. The van der Waals surface area contributed by atoms with Gasteiger partial charge in [0.15, 0.2) is 0 Å². The second kappa shape index (κ2) is 8.29. The molecule has 0 heterocycles. The third-order valence-electron chi connectivity index (χ3n) is 4.15. The van der Waals surface area contributed by atoms with Crippen LogP contribution < -0.4 is 28.3 Å². The fourth-order valence-corrected chi connectivity index (χ4v) is 7.60. The van der Waals surface area contributed by atoms with E-state index in [1.165, 1.54) is 28.5 Å². The zero-order valence-corrected chi connectivity index (χ0v) is 15.1. The predicted molar refractivity (Wildman–Crippen MR) is 100 cm³/mol. The van der Waals surface area contributed by atoms with Crippen molar-refractivity contribution < 1.29 is 12.4 Å². The Kier molecular flexibility index (Phi) is 6.39. The van der Waals surface area contributed by atoms with Crippen molar-refractivity contribution in [1.29, 1.82) is 0 Å². The lowest BCUT2D eigenvalue weighted by Gasteiger charge is -2.27. The topological polar surface area (TPSA) is 0 Å². The summed E-state index contributed by atoms with van der Waals surface area (Å²) in [5, 5.41) is 4.44. The van der Waals surface area contributed by atoms with Gasteiger partial charge in [0.1, 0.15) is 23.2 Å². The lowest BCUT2D eigenvalue weighted by molar-refractivity contribution is -0.00000433. The molecule has 23 heavy (non-hydrogen) atoms. The van der Waals surface area contributed by atoms with E-state index >= 15 is 0 Å². The Balaban J connectivity index is 0.00000192. The average molecular weight is 341 g/mol. The third-order valence-corrected chi connectivity index (χ3v) is 8.81. The Hall–Kier alpha value is -1.62. The summed E-state index contributed by atoms with van der Waals surface area (Å²) in [5.41, 5.74) is 0. The van der Waals surface area contributed by atoms with E-state index in [2.05, 4.69) is 97.9 Å². The van der Waals surface area contributed by atoms with Gasteiger partial charge in [-0.15, -0.1) is 0 Å². The van der Waals surface area contributed by atoms with E-state index in [0.29, 0.717) is 0 Å². The summed E-state index contributed by atoms with van der Waals surface area (Å²) in [6.45, 7) is 2.30. The molecular formula is C21H22ClP. The van der Waals surface area contributed by atoms with E-state index in [1.807, 2.05) is 0 Å². The molecule has 3 rings (SSSR count). The number of hydrogen-bond donors (Lipinski definition) is 0. The van der Waals surface area contributed by atoms with E-state index in [4.69, 9.17) is 0 Å². The van der Waals surface area contributed by atoms with E-state index in [9.17, 15) is 0 Å². The summed E-state index contributed by atoms with van der Waals surface area (Å²) in [4.78, 5) is 0. The first-order chi connectivity index (χ1) is 10.9. The monoisotopic (exact) mass is 340 g/mol. The van der Waals surface area contributed by atoms with Gasteiger partial charge in [0, 0.05) is 0 Å². The van der Waals surface area contributed by atoms with Crippen LogP contribution >= 0.6 is 7.26 Å². The Bertz CT molecular complexity index is 599. The molecule has 2 heteroatoms. The number of rotatable bonds is 5. The molecule has 0 aliphatic carbocycles. The van der Waals surface area contributed by atoms with Crippen molar-refractivity contribution in [3.05, 3.63) is 91.0 Å². The van der Waals surface area contributed by atoms with Crippen molar-refractivity contribution >= 4 is 23.2 Å². The van der Waals surface area contributed by atoms with Gasteiger partial charge in [0.2, 0.25) is 0 Å². The van der Waals surface area contributed by atoms with Crippen LogP contribution in [-0.4, -0.2) is 6.16 Å². The first kappa shape index (κ1) is 17.7. The SMILES string of the molecule is CCC[P+](c1ccccc1)(c1ccccc1)c1ccccc1.[Cl-]. The maximum atomic E-state index is 2.31. The van der Waals surface area contributed by atoms with Gasteiger partial charge in [-0.25, -0.2) is 0 Å². The molecule has 0 amide bonds. The van der Waals surface area contributed by atoms with E-state index in [1.54, 1.807) is 0 Å². The second-order valence-electron chi connectivity index (χ2n) is 5.54. The second-order valence-corrected chi connectivity index (χ2v) is 9.16. The maximum Gasteiger partial charge on any atom is 0.112 e. The molecule has 0 atom stereocenters. The Morgan fingerprint density at radius 1 is 0.565 bits per heavy atom. The quantitative estimate of drug-likeness (QED) is 0.616. The Morgan fingerprint density at radius 3 is 1.13 bits per heavy atom. The molecule has 0 aromatic heterocycles. The van der Waals surface area contributed by atoms with Gasteiger partial charge in [-0.2, -0.15) is 0 Å². The van der Waals surface area contributed by atoms with Gasteiger partial charge < -0.3 is 12.4 Å². The van der Waals surface area contributed by atoms with Crippen LogP contribution in [0.2, 0.25) is 0 Å². The highest BCUT2D eigenvalue weighted by atomic mass is 35.5. The average Bonchev–Trinajstić information content (AvgIpc) is 2.62. The molecular weight excluding hydrogens is 319 g/mol. The Labute approximate surface area is 146 Å². The molecule has 0 saturated heterocycles. The molecule has 0 unspecified atom stereocenters. The standard InChI is InChI=1S/C21H22P.ClH/c1-2-18-22(19-12-6-3-7-13-19,20-14-8-4-9-15-20)21-16-10-5-11-17-21;/h3-17H,2,18H2,1H3;1H/q+1;/p-1. The minimum Gasteiger partial charge on any atom is -1.00 e. The molecule has 0 fully saturated rings. The minimum absolute atomic E-state index is 0. The molecule has 0 N–H and O–H groups in total. The van der Waals surface area contributed by atoms with Crippen LogP contribution in [-0.2, 0) is 0 Å². The smallest absolute Gasteiger partial charge is 0.112 e. The van der Waals surface area contributed by atoms with E-state index < -0.39 is 7.26 Å². The van der Waals surface area contributed by atoms with E-state index in [-0.39, 0.29) is 12.4 Å². The van der Waals surface area contributed by atoms with Crippen LogP contribution in [0.4, 0.5) is 0 Å². The van der Waals surface area contributed by atoms with E-state index in [0.717, 1.165) is 0 Å². The fourth-order valence-electron chi connectivity index (χ4n) is 3.22. The summed E-state index contributed by atoms with van der Waals surface area (Å²) >= 11 is 0. The van der Waals surface area contributed by atoms with Gasteiger partial charge in [0.05, 0.1) is 6.16 Å². The van der Waals surface area contributed by atoms with Crippen molar-refractivity contribution in [2.75, 3.05) is 6.16 Å². The first-order valence-corrected chi connectivity index (χ1v) is 9.90. The lowest BCUT2D eigenvalue weighted by Crippen LogP contribution is -3.00. The molecule has 0 saturated carbocycles. The van der Waals surface area contributed by atoms with Crippen molar-refractivity contribution in [2.24, 2.45) is 0 Å². The summed E-state index contributed by atoms with van der Waals surface area (Å²) in [6.07, 6.45) is 2.40. The zero-order chi connectivity index (χ0) is 15.3. The first-order valence-electron chi connectivity index (χ1n) is 7.93. The van der Waals surface area contributed by atoms with Crippen LogP contribution in [0, 0.1) is 0 Å². The molecule has 0 spiro atoms. The highest BCUT2D eigenvalue weighted by molar-refractivity contribution is 7.95. The van der Waals surface area contributed by atoms with Gasteiger partial charge in [-0.1, -0.05) is 61.5 Å². The van der Waals surface area contributed by atoms with Crippen LogP contribution in [0.3, 0.4) is 0 Å². The van der Waals surface area contributed by atoms with Crippen molar-refractivity contribution in [2.45, 2.75) is 13.3 Å². The minimum atomic E-state index is -1.55. The van der Waals surface area contributed by atoms with Crippen LogP contribution in [0.15, 0.2) is 91.0 Å². The summed E-state index contributed by atoms with van der Waals surface area (Å²) in [6, 6.07) is 33.2. The lowest BCUT2D eigenvalue weighted by atomic mass is 10.4. The highest BCUT2D eigenvalue weighted by Crippen LogP contribution is 2.55. The maximum absolute atomic E-state index is 2.31. The Morgan fingerprint density at radius 2 is 0.870 bits per heavy atom. The normalized spacial score (nSPS) is 10.8. The molecule has 118 valence electrons. The molecule has 3 aromatic rings. The van der Waals surface area contributed by atoms with Crippen molar-refractivity contribution in [3.63, 3.8) is 0 Å². The van der Waals surface area contributed by atoms with Crippen LogP contribution in [0.5, 0.6) is 0 Å². The summed E-state index contributed by atoms with van der Waals surface area (Å²) in [7, 11) is -1.55. The van der Waals surface area contributed by atoms with Gasteiger partial charge >= 0.3 is 0 Å². The van der Waals surface area contributed by atoms with Crippen molar-refractivity contribution in [1.82, 2.24) is 0 Å². The molecule has 0 aliphatic heterocycles. The molecule has 0 bridgehead atoms. The number of benzene rings is 3. The molecule has 3 aromatic carbocycles. The zero-order valence-electron chi connectivity index (χ0n) is 13.4. The molecule has 0 aliphatic rings. The number of hydrogen-bond acceptors (Lipinski definition) is 0. The van der Waals surface area contributed by atoms with Crippen LogP contribution in [0.25, 0.3) is 0 Å².